The molecule has 31 heavy (non-hydrogen) atoms. The van der Waals surface area contributed by atoms with Crippen molar-refractivity contribution in [1.29, 1.82) is 0 Å². The van der Waals surface area contributed by atoms with Crippen LogP contribution in [0.4, 0.5) is 0 Å². The van der Waals surface area contributed by atoms with Crippen LogP contribution in [0.3, 0.4) is 0 Å². The molecule has 3 heteroatoms. The molecule has 3 atom stereocenters. The van der Waals surface area contributed by atoms with Crippen molar-refractivity contribution >= 4 is 29.7 Å². The summed E-state index contributed by atoms with van der Waals surface area (Å²) in [5.74, 6) is 0.893. The van der Waals surface area contributed by atoms with Gasteiger partial charge in [0.2, 0.25) is 5.90 Å². The lowest BCUT2D eigenvalue weighted by Gasteiger charge is -2.40. The molecule has 3 aromatic carbocycles. The smallest absolute Gasteiger partial charge is 0.217 e. The van der Waals surface area contributed by atoms with Crippen LogP contribution >= 0.6 is 7.92 Å². The fourth-order valence-corrected chi connectivity index (χ4v) is 8.49. The Kier molecular flexibility index (Phi) is 4.92. The number of nitrogens with zero attached hydrogens (tertiary/aromatic N) is 1. The van der Waals surface area contributed by atoms with Gasteiger partial charge in [-0.25, -0.2) is 4.99 Å². The first-order valence-corrected chi connectivity index (χ1v) is 12.9. The van der Waals surface area contributed by atoms with Crippen LogP contribution in [0.15, 0.2) is 89.9 Å². The SMILES string of the molecule is c1ccc(P(c2ccccc2)c2ccccc2C2=N[C@H]3CCC[C@]34CCC[C@@H]4O2)cc1. The van der Waals surface area contributed by atoms with Gasteiger partial charge in [-0.3, -0.25) is 0 Å². The lowest BCUT2D eigenvalue weighted by molar-refractivity contribution is 0.0394. The number of benzene rings is 3. The highest BCUT2D eigenvalue weighted by molar-refractivity contribution is 7.80. The quantitative estimate of drug-likeness (QED) is 0.519. The topological polar surface area (TPSA) is 21.6 Å². The average molecular weight is 426 g/mol. The molecule has 2 fully saturated rings. The van der Waals surface area contributed by atoms with E-state index >= 15 is 0 Å². The number of hydrogen-bond acceptors (Lipinski definition) is 2. The third-order valence-electron chi connectivity index (χ3n) is 7.46. The largest absolute Gasteiger partial charge is 0.473 e. The summed E-state index contributed by atoms with van der Waals surface area (Å²) in [7, 11) is -0.682. The summed E-state index contributed by atoms with van der Waals surface area (Å²) in [6.45, 7) is 0. The Morgan fingerprint density at radius 1 is 0.742 bits per heavy atom. The van der Waals surface area contributed by atoms with E-state index in [4.69, 9.17) is 9.73 Å². The van der Waals surface area contributed by atoms with E-state index in [-0.39, 0.29) is 0 Å². The summed E-state index contributed by atoms with van der Waals surface area (Å²) < 4.78 is 6.72. The van der Waals surface area contributed by atoms with E-state index in [0.29, 0.717) is 17.6 Å². The minimum Gasteiger partial charge on any atom is -0.473 e. The zero-order valence-electron chi connectivity index (χ0n) is 17.8. The van der Waals surface area contributed by atoms with Crippen LogP contribution in [0.1, 0.15) is 44.1 Å². The lowest BCUT2D eigenvalue weighted by atomic mass is 9.78. The van der Waals surface area contributed by atoms with Crippen LogP contribution in [-0.2, 0) is 4.74 Å². The highest BCUT2D eigenvalue weighted by Gasteiger charge is 2.55. The van der Waals surface area contributed by atoms with Gasteiger partial charge >= 0.3 is 0 Å². The molecular weight excluding hydrogens is 397 g/mol. The van der Waals surface area contributed by atoms with E-state index in [0.717, 1.165) is 5.90 Å². The number of hydrogen-bond donors (Lipinski definition) is 0. The molecule has 0 bridgehead atoms. The van der Waals surface area contributed by atoms with Gasteiger partial charge in [0, 0.05) is 11.0 Å². The molecule has 0 amide bonds. The molecule has 2 aliphatic carbocycles. The second-order valence-corrected chi connectivity index (χ2v) is 11.3. The third-order valence-corrected chi connectivity index (χ3v) is 9.97. The Balaban J connectivity index is 1.48. The van der Waals surface area contributed by atoms with E-state index < -0.39 is 7.92 Å². The zero-order valence-corrected chi connectivity index (χ0v) is 18.7. The summed E-state index contributed by atoms with van der Waals surface area (Å²) in [4.78, 5) is 5.28. The molecule has 0 aromatic heterocycles. The molecule has 1 heterocycles. The molecule has 1 aliphatic heterocycles. The zero-order chi connectivity index (χ0) is 20.7. The van der Waals surface area contributed by atoms with Gasteiger partial charge in [0.25, 0.3) is 0 Å². The summed E-state index contributed by atoms with van der Waals surface area (Å²) in [5, 5.41) is 4.07. The van der Waals surface area contributed by atoms with Crippen molar-refractivity contribution in [3.63, 3.8) is 0 Å². The maximum atomic E-state index is 6.72. The molecule has 3 aromatic rings. The maximum Gasteiger partial charge on any atom is 0.217 e. The fraction of sp³-hybridized carbons (Fsp3) is 0.321. The monoisotopic (exact) mass is 425 g/mol. The number of aliphatic imine (C=N–C) groups is 1. The summed E-state index contributed by atoms with van der Waals surface area (Å²) >= 11 is 0. The van der Waals surface area contributed by atoms with Crippen LogP contribution in [-0.4, -0.2) is 18.0 Å². The molecule has 0 N–H and O–H groups in total. The normalized spacial score (nSPS) is 26.8. The van der Waals surface area contributed by atoms with Crippen LogP contribution in [0.25, 0.3) is 0 Å². The predicted octanol–water partition coefficient (Wildman–Crippen LogP) is 5.31. The minimum atomic E-state index is -0.682. The van der Waals surface area contributed by atoms with Crippen LogP contribution in [0.5, 0.6) is 0 Å². The number of rotatable bonds is 4. The van der Waals surface area contributed by atoms with E-state index in [1.165, 1.54) is 60.0 Å². The maximum absolute atomic E-state index is 6.72. The first-order valence-electron chi connectivity index (χ1n) is 11.6. The molecule has 2 saturated carbocycles. The van der Waals surface area contributed by atoms with Crippen LogP contribution in [0, 0.1) is 5.41 Å². The van der Waals surface area contributed by atoms with E-state index in [9.17, 15) is 0 Å². The number of ether oxygens (including phenoxy) is 1. The van der Waals surface area contributed by atoms with Gasteiger partial charge in [0.1, 0.15) is 6.10 Å². The Bertz CT molecular complexity index is 1050. The second kappa shape index (κ2) is 7.92. The predicted molar refractivity (Wildman–Crippen MR) is 130 cm³/mol. The Hall–Kier alpha value is -2.44. The first kappa shape index (κ1) is 19.3. The van der Waals surface area contributed by atoms with Crippen molar-refractivity contribution in [2.75, 3.05) is 0 Å². The van der Waals surface area contributed by atoms with Crippen molar-refractivity contribution < 1.29 is 4.74 Å². The van der Waals surface area contributed by atoms with Gasteiger partial charge in [-0.15, -0.1) is 0 Å². The van der Waals surface area contributed by atoms with Crippen molar-refractivity contribution in [3.05, 3.63) is 90.5 Å². The van der Waals surface area contributed by atoms with Gasteiger partial charge in [-0.05, 0) is 62.0 Å². The molecule has 1 spiro atoms. The van der Waals surface area contributed by atoms with E-state index in [2.05, 4.69) is 84.9 Å². The van der Waals surface area contributed by atoms with Gasteiger partial charge in [-0.2, -0.15) is 0 Å². The standard InChI is InChI=1S/C28H28NOP/c1-3-11-21(12-4-1)31(22-13-5-2-6-14-22)24-16-8-7-15-23(24)27-29-25-17-9-19-28(25)20-10-18-26(28)30-27/h1-8,11-16,25-26H,9-10,17-20H2/t25-,26-,28-/m0/s1. The first-order chi connectivity index (χ1) is 15.4. The summed E-state index contributed by atoms with van der Waals surface area (Å²) in [5.41, 5.74) is 1.51. The Morgan fingerprint density at radius 3 is 2.06 bits per heavy atom. The highest BCUT2D eigenvalue weighted by atomic mass is 31.1. The average Bonchev–Trinajstić information content (AvgIpc) is 3.44. The molecule has 2 nitrogen and oxygen atoms in total. The molecule has 0 saturated heterocycles. The Labute approximate surface area is 186 Å². The van der Waals surface area contributed by atoms with Crippen molar-refractivity contribution in [3.8, 4) is 0 Å². The molecule has 3 aliphatic rings. The fourth-order valence-electron chi connectivity index (χ4n) is 6.05. The van der Waals surface area contributed by atoms with Crippen LogP contribution in [0.2, 0.25) is 0 Å². The molecule has 6 rings (SSSR count). The Morgan fingerprint density at radius 2 is 1.35 bits per heavy atom. The van der Waals surface area contributed by atoms with Gasteiger partial charge < -0.3 is 4.74 Å². The van der Waals surface area contributed by atoms with E-state index in [1.54, 1.807) is 0 Å². The lowest BCUT2D eigenvalue weighted by Crippen LogP contribution is -2.44. The minimum absolute atomic E-state index is 0.321. The molecular formula is C28H28NOP. The van der Waals surface area contributed by atoms with Gasteiger partial charge in [0.05, 0.1) is 6.04 Å². The van der Waals surface area contributed by atoms with Crippen molar-refractivity contribution in [2.24, 2.45) is 10.4 Å². The molecule has 156 valence electrons. The molecule has 0 radical (unpaired) electrons. The van der Waals surface area contributed by atoms with E-state index in [1.807, 2.05) is 0 Å². The third kappa shape index (κ3) is 3.24. The van der Waals surface area contributed by atoms with Gasteiger partial charge in [-0.1, -0.05) is 85.3 Å². The summed E-state index contributed by atoms with van der Waals surface area (Å²) in [6, 6.07) is 31.1. The van der Waals surface area contributed by atoms with Crippen LogP contribution < -0.4 is 15.9 Å². The van der Waals surface area contributed by atoms with Crippen molar-refractivity contribution in [1.82, 2.24) is 0 Å². The highest BCUT2D eigenvalue weighted by Crippen LogP contribution is 2.55. The second-order valence-electron chi connectivity index (χ2n) is 9.10. The van der Waals surface area contributed by atoms with Gasteiger partial charge in [0.15, 0.2) is 0 Å². The summed E-state index contributed by atoms with van der Waals surface area (Å²) in [6.07, 6.45) is 7.92. The van der Waals surface area contributed by atoms with Crippen molar-refractivity contribution in [2.45, 2.75) is 50.7 Å². The molecule has 0 unspecified atom stereocenters.